The normalized spacial score (nSPS) is 8.64. The number of hydrogen-bond donors (Lipinski definition) is 0. The van der Waals surface area contributed by atoms with Gasteiger partial charge in [-0.1, -0.05) is 35.8 Å². The molecule has 0 aromatic heterocycles. The summed E-state index contributed by atoms with van der Waals surface area (Å²) in [6, 6.07) is 5.85. The molecule has 0 aliphatic heterocycles. The lowest BCUT2D eigenvalue weighted by atomic mass is 10.2. The Labute approximate surface area is 94.4 Å². The Bertz CT molecular complexity index is 261. The summed E-state index contributed by atoms with van der Waals surface area (Å²) in [4.78, 5) is 0. The molecule has 0 radical (unpaired) electrons. The molecule has 0 saturated heterocycles. The van der Waals surface area contributed by atoms with E-state index in [1.807, 2.05) is 32.0 Å². The second kappa shape index (κ2) is 7.68. The van der Waals surface area contributed by atoms with E-state index >= 15 is 0 Å². The van der Waals surface area contributed by atoms with Gasteiger partial charge in [-0.25, -0.2) is 0 Å². The maximum absolute atomic E-state index is 5.13. The van der Waals surface area contributed by atoms with E-state index in [4.69, 9.17) is 9.47 Å². The maximum atomic E-state index is 5.13. The zero-order valence-electron chi connectivity index (χ0n) is 9.13. The number of hydrogen-bond acceptors (Lipinski definition) is 2. The smallest absolute Gasteiger partial charge is 0.161 e. The first kappa shape index (κ1) is 13.3. The van der Waals surface area contributed by atoms with Gasteiger partial charge in [-0.3, -0.25) is 0 Å². The molecule has 1 aromatic carbocycles. The highest BCUT2D eigenvalue weighted by Gasteiger charge is 2.02. The Morgan fingerprint density at radius 3 is 2.07 bits per heavy atom. The lowest BCUT2D eigenvalue weighted by Crippen LogP contribution is -1.91. The highest BCUT2D eigenvalue weighted by molar-refractivity contribution is 9.08. The highest BCUT2D eigenvalue weighted by Crippen LogP contribution is 2.28. The van der Waals surface area contributed by atoms with Crippen LogP contribution in [0, 0.1) is 0 Å². The van der Waals surface area contributed by atoms with E-state index < -0.39 is 0 Å². The molecule has 0 amide bonds. The van der Waals surface area contributed by atoms with E-state index in [1.54, 1.807) is 14.2 Å². The van der Waals surface area contributed by atoms with Crippen LogP contribution in [0.25, 0.3) is 0 Å². The molecular weight excluding hydrogens is 244 g/mol. The van der Waals surface area contributed by atoms with Gasteiger partial charge in [0.25, 0.3) is 0 Å². The first-order valence-corrected chi connectivity index (χ1v) is 5.71. The van der Waals surface area contributed by atoms with Crippen LogP contribution in [-0.4, -0.2) is 14.2 Å². The zero-order chi connectivity index (χ0) is 11.0. The molecule has 0 unspecified atom stereocenters. The van der Waals surface area contributed by atoms with Crippen molar-refractivity contribution >= 4 is 15.9 Å². The van der Waals surface area contributed by atoms with Gasteiger partial charge in [0.2, 0.25) is 0 Å². The topological polar surface area (TPSA) is 18.5 Å². The van der Waals surface area contributed by atoms with Crippen molar-refractivity contribution in [1.29, 1.82) is 0 Å². The number of rotatable bonds is 3. The standard InChI is InChI=1S/C9H11BrO2.C2H6/c1-11-8-4-3-7(6-10)5-9(8)12-2;1-2/h3-5H,6H2,1-2H3;1-2H3. The Hall–Kier alpha value is -0.700. The summed E-state index contributed by atoms with van der Waals surface area (Å²) in [6.45, 7) is 4.00. The van der Waals surface area contributed by atoms with Crippen molar-refractivity contribution in [3.63, 3.8) is 0 Å². The van der Waals surface area contributed by atoms with Crippen LogP contribution in [-0.2, 0) is 5.33 Å². The summed E-state index contributed by atoms with van der Waals surface area (Å²) in [7, 11) is 3.27. The second-order valence-electron chi connectivity index (χ2n) is 2.32. The molecule has 0 atom stereocenters. The number of ether oxygens (including phenoxy) is 2. The predicted molar refractivity (Wildman–Crippen MR) is 63.5 cm³/mol. The van der Waals surface area contributed by atoms with Gasteiger partial charge >= 0.3 is 0 Å². The Morgan fingerprint density at radius 2 is 1.64 bits per heavy atom. The average molecular weight is 261 g/mol. The fourth-order valence-corrected chi connectivity index (χ4v) is 1.31. The lowest BCUT2D eigenvalue weighted by Gasteiger charge is -2.07. The molecule has 14 heavy (non-hydrogen) atoms. The highest BCUT2D eigenvalue weighted by atomic mass is 79.9. The van der Waals surface area contributed by atoms with Crippen molar-refractivity contribution in [3.8, 4) is 11.5 Å². The molecule has 0 aliphatic rings. The zero-order valence-corrected chi connectivity index (χ0v) is 10.7. The van der Waals surface area contributed by atoms with Gasteiger partial charge < -0.3 is 9.47 Å². The van der Waals surface area contributed by atoms with Crippen molar-refractivity contribution in [2.45, 2.75) is 19.2 Å². The fraction of sp³-hybridized carbons (Fsp3) is 0.455. The van der Waals surface area contributed by atoms with Crippen LogP contribution >= 0.6 is 15.9 Å². The van der Waals surface area contributed by atoms with E-state index in [0.29, 0.717) is 0 Å². The third-order valence-corrected chi connectivity index (χ3v) is 2.25. The second-order valence-corrected chi connectivity index (χ2v) is 2.88. The third-order valence-electron chi connectivity index (χ3n) is 1.60. The molecule has 0 N–H and O–H groups in total. The first-order valence-electron chi connectivity index (χ1n) is 4.58. The summed E-state index contributed by atoms with van der Waals surface area (Å²) < 4.78 is 10.2. The van der Waals surface area contributed by atoms with Gasteiger partial charge in [-0.15, -0.1) is 0 Å². The Balaban J connectivity index is 0.000000791. The van der Waals surface area contributed by atoms with Gasteiger partial charge in [0.05, 0.1) is 14.2 Å². The van der Waals surface area contributed by atoms with E-state index in [1.165, 1.54) is 5.56 Å². The minimum atomic E-state index is 0.766. The summed E-state index contributed by atoms with van der Waals surface area (Å²) >= 11 is 3.37. The van der Waals surface area contributed by atoms with Crippen LogP contribution in [0.5, 0.6) is 11.5 Å². The van der Waals surface area contributed by atoms with E-state index in [0.717, 1.165) is 16.8 Å². The van der Waals surface area contributed by atoms with E-state index in [9.17, 15) is 0 Å². The SMILES string of the molecule is CC.COc1ccc(CBr)cc1OC. The molecule has 0 heterocycles. The predicted octanol–water partition coefficient (Wildman–Crippen LogP) is 3.62. The number of methoxy groups -OCH3 is 2. The number of benzene rings is 1. The molecule has 2 nitrogen and oxygen atoms in total. The fourth-order valence-electron chi connectivity index (χ4n) is 0.964. The average Bonchev–Trinajstić information content (AvgIpc) is 2.30. The molecule has 3 heteroatoms. The molecular formula is C11H17BrO2. The number of halogens is 1. The van der Waals surface area contributed by atoms with Crippen LogP contribution < -0.4 is 9.47 Å². The van der Waals surface area contributed by atoms with Crippen molar-refractivity contribution in [3.05, 3.63) is 23.8 Å². The molecule has 80 valence electrons. The van der Waals surface area contributed by atoms with Crippen LogP contribution in [0.2, 0.25) is 0 Å². The van der Waals surface area contributed by atoms with Crippen molar-refractivity contribution in [2.75, 3.05) is 14.2 Å². The van der Waals surface area contributed by atoms with Crippen molar-refractivity contribution in [2.24, 2.45) is 0 Å². The van der Waals surface area contributed by atoms with E-state index in [-0.39, 0.29) is 0 Å². The summed E-state index contributed by atoms with van der Waals surface area (Å²) in [6.07, 6.45) is 0. The summed E-state index contributed by atoms with van der Waals surface area (Å²) in [5.74, 6) is 1.54. The minimum absolute atomic E-state index is 0.766. The molecule has 1 rings (SSSR count). The lowest BCUT2D eigenvalue weighted by molar-refractivity contribution is 0.354. The third kappa shape index (κ3) is 3.58. The molecule has 0 saturated carbocycles. The van der Waals surface area contributed by atoms with Crippen LogP contribution in [0.15, 0.2) is 18.2 Å². The summed E-state index contributed by atoms with van der Waals surface area (Å²) in [5.41, 5.74) is 1.17. The minimum Gasteiger partial charge on any atom is -0.493 e. The summed E-state index contributed by atoms with van der Waals surface area (Å²) in [5, 5.41) is 0.827. The van der Waals surface area contributed by atoms with Crippen LogP contribution in [0.4, 0.5) is 0 Å². The Morgan fingerprint density at radius 1 is 1.07 bits per heavy atom. The maximum Gasteiger partial charge on any atom is 0.161 e. The van der Waals surface area contributed by atoms with Gasteiger partial charge in [0.1, 0.15) is 0 Å². The van der Waals surface area contributed by atoms with Gasteiger partial charge in [-0.2, -0.15) is 0 Å². The molecule has 0 bridgehead atoms. The van der Waals surface area contributed by atoms with Gasteiger partial charge in [-0.05, 0) is 17.7 Å². The monoisotopic (exact) mass is 260 g/mol. The van der Waals surface area contributed by atoms with E-state index in [2.05, 4.69) is 15.9 Å². The molecule has 0 spiro atoms. The molecule has 1 aromatic rings. The van der Waals surface area contributed by atoms with Crippen LogP contribution in [0.1, 0.15) is 19.4 Å². The van der Waals surface area contributed by atoms with Gasteiger partial charge in [0.15, 0.2) is 11.5 Å². The van der Waals surface area contributed by atoms with Crippen molar-refractivity contribution in [1.82, 2.24) is 0 Å². The van der Waals surface area contributed by atoms with Crippen LogP contribution in [0.3, 0.4) is 0 Å². The largest absolute Gasteiger partial charge is 0.493 e. The van der Waals surface area contributed by atoms with Crippen molar-refractivity contribution < 1.29 is 9.47 Å². The molecule has 0 aliphatic carbocycles. The number of alkyl halides is 1. The molecule has 0 fully saturated rings. The first-order chi connectivity index (χ1) is 6.81. The quantitative estimate of drug-likeness (QED) is 0.773. The van der Waals surface area contributed by atoms with Gasteiger partial charge in [0, 0.05) is 5.33 Å². The Kier molecular flexibility index (Phi) is 7.30.